The Balaban J connectivity index is 1.22. The van der Waals surface area contributed by atoms with Crippen LogP contribution in [0.15, 0.2) is 60.8 Å². The number of pyridine rings is 1. The molecular formula is C36H46N6O5. The maximum atomic E-state index is 13.6. The molecular weight excluding hydrogens is 596 g/mol. The zero-order valence-electron chi connectivity index (χ0n) is 27.5. The van der Waals surface area contributed by atoms with Crippen molar-refractivity contribution in [2.75, 3.05) is 89.4 Å². The average Bonchev–Trinajstić information content (AvgIpc) is 3.10. The summed E-state index contributed by atoms with van der Waals surface area (Å²) in [5, 5.41) is 11.9. The van der Waals surface area contributed by atoms with Gasteiger partial charge in [-0.1, -0.05) is 6.07 Å². The molecule has 2 N–H and O–H groups in total. The number of aromatic nitrogens is 1. The lowest BCUT2D eigenvalue weighted by molar-refractivity contribution is -0.133. The second kappa shape index (κ2) is 16.5. The summed E-state index contributed by atoms with van der Waals surface area (Å²) in [4.78, 5) is 52.3. The van der Waals surface area contributed by atoms with E-state index in [9.17, 15) is 14.4 Å². The van der Waals surface area contributed by atoms with Gasteiger partial charge in [-0.2, -0.15) is 0 Å². The van der Waals surface area contributed by atoms with Gasteiger partial charge >= 0.3 is 0 Å². The normalized spacial score (nSPS) is 15.4. The molecule has 5 rings (SSSR count). The minimum absolute atomic E-state index is 0.00666. The van der Waals surface area contributed by atoms with Crippen molar-refractivity contribution in [2.45, 2.75) is 26.2 Å². The first-order valence-corrected chi connectivity index (χ1v) is 16.5. The second-order valence-electron chi connectivity index (χ2n) is 12.3. The van der Waals surface area contributed by atoms with E-state index in [2.05, 4.69) is 26.2 Å². The number of piperidine rings is 1. The number of nitrogens with one attached hydrogen (secondary N) is 1. The molecule has 3 heterocycles. The van der Waals surface area contributed by atoms with Gasteiger partial charge in [0.05, 0.1) is 37.7 Å². The average molecular weight is 643 g/mol. The lowest BCUT2D eigenvalue weighted by Crippen LogP contribution is -2.51. The molecule has 47 heavy (non-hydrogen) atoms. The smallest absolute Gasteiger partial charge is 0.255 e. The van der Waals surface area contributed by atoms with Crippen LogP contribution in [0.5, 0.6) is 0 Å². The largest absolute Gasteiger partial charge is 0.394 e. The van der Waals surface area contributed by atoms with Crippen LogP contribution in [0.3, 0.4) is 0 Å². The van der Waals surface area contributed by atoms with Crippen LogP contribution in [0.25, 0.3) is 11.3 Å². The molecule has 2 aliphatic rings. The van der Waals surface area contributed by atoms with Gasteiger partial charge in [-0.15, -0.1) is 0 Å². The number of ether oxygens (including phenoxy) is 1. The van der Waals surface area contributed by atoms with Gasteiger partial charge in [0.25, 0.3) is 11.8 Å². The van der Waals surface area contributed by atoms with Crippen molar-refractivity contribution in [3.8, 4) is 11.3 Å². The molecule has 2 aromatic carbocycles. The molecule has 0 atom stereocenters. The number of benzene rings is 2. The third kappa shape index (κ3) is 9.15. The Hall–Kier alpha value is -4.32. The van der Waals surface area contributed by atoms with Gasteiger partial charge in [-0.25, -0.2) is 0 Å². The molecule has 0 radical (unpaired) electrons. The van der Waals surface area contributed by atoms with E-state index in [1.807, 2.05) is 31.2 Å². The van der Waals surface area contributed by atoms with Crippen molar-refractivity contribution in [2.24, 2.45) is 0 Å². The second-order valence-corrected chi connectivity index (χ2v) is 12.3. The molecule has 0 saturated carbocycles. The van der Waals surface area contributed by atoms with Crippen molar-refractivity contribution >= 4 is 29.1 Å². The molecule has 0 bridgehead atoms. The summed E-state index contributed by atoms with van der Waals surface area (Å²) in [6, 6.07) is 16.6. The van der Waals surface area contributed by atoms with Gasteiger partial charge in [-0.05, 0) is 80.3 Å². The molecule has 11 nitrogen and oxygen atoms in total. The van der Waals surface area contributed by atoms with Crippen LogP contribution >= 0.6 is 0 Å². The minimum atomic E-state index is -0.336. The highest BCUT2D eigenvalue weighted by Crippen LogP contribution is 2.33. The van der Waals surface area contributed by atoms with Crippen LogP contribution < -0.4 is 10.2 Å². The number of anilines is 2. The zero-order chi connectivity index (χ0) is 33.2. The van der Waals surface area contributed by atoms with Gasteiger partial charge in [0.2, 0.25) is 5.91 Å². The van der Waals surface area contributed by atoms with Gasteiger partial charge < -0.3 is 29.9 Å². The van der Waals surface area contributed by atoms with Gasteiger partial charge in [0.1, 0.15) is 0 Å². The summed E-state index contributed by atoms with van der Waals surface area (Å²) < 4.78 is 5.34. The van der Waals surface area contributed by atoms with Crippen LogP contribution in [-0.2, 0) is 9.53 Å². The van der Waals surface area contributed by atoms with Crippen LogP contribution in [0.4, 0.5) is 11.4 Å². The van der Waals surface area contributed by atoms with Gasteiger partial charge in [0.15, 0.2) is 0 Å². The highest BCUT2D eigenvalue weighted by atomic mass is 16.5. The maximum absolute atomic E-state index is 13.6. The van der Waals surface area contributed by atoms with Crippen molar-refractivity contribution in [3.63, 3.8) is 0 Å². The molecule has 3 amide bonds. The number of carbonyl (C=O) groups excluding carboxylic acids is 3. The molecule has 0 unspecified atom stereocenters. The first-order chi connectivity index (χ1) is 22.8. The Bertz CT molecular complexity index is 1530. The lowest BCUT2D eigenvalue weighted by Gasteiger charge is -2.35. The number of amides is 3. The molecule has 0 aliphatic carbocycles. The fourth-order valence-electron chi connectivity index (χ4n) is 6.05. The van der Waals surface area contributed by atoms with E-state index in [4.69, 9.17) is 9.84 Å². The molecule has 0 spiro atoms. The van der Waals surface area contributed by atoms with E-state index >= 15 is 0 Å². The number of aliphatic hydroxyl groups is 1. The summed E-state index contributed by atoms with van der Waals surface area (Å²) in [6.45, 7) is 8.22. The van der Waals surface area contributed by atoms with Crippen molar-refractivity contribution < 1.29 is 24.2 Å². The summed E-state index contributed by atoms with van der Waals surface area (Å²) in [5.41, 5.74) is 5.13. The van der Waals surface area contributed by atoms with Gasteiger partial charge in [-0.3, -0.25) is 24.3 Å². The number of likely N-dealkylation sites (N-methyl/N-ethyl adjacent to an activating group) is 1. The standard InChI is InChI=1S/C36H46N6O5/c1-27-11-12-37-33(23-27)31-25-30(41-13-4-3-5-14-41)9-10-32(31)38-35(45)28-7-6-8-29(24-28)36(46)39(2)26-34(44)42-17-15-40(16-18-42)19-21-47-22-20-43/h6-12,23-25,43H,3-5,13-22,26H2,1-2H3,(H,38,45). The number of hydrogen-bond donors (Lipinski definition) is 2. The van der Waals surface area contributed by atoms with E-state index in [1.165, 1.54) is 11.3 Å². The predicted molar refractivity (Wildman–Crippen MR) is 183 cm³/mol. The number of aliphatic hydroxyl groups excluding tert-OH is 1. The zero-order valence-corrected chi connectivity index (χ0v) is 27.5. The predicted octanol–water partition coefficient (Wildman–Crippen LogP) is 3.52. The fraction of sp³-hybridized carbons (Fsp3) is 0.444. The summed E-state index contributed by atoms with van der Waals surface area (Å²) >= 11 is 0. The molecule has 250 valence electrons. The Morgan fingerprint density at radius 1 is 0.915 bits per heavy atom. The molecule has 2 saturated heterocycles. The van der Waals surface area contributed by atoms with E-state index < -0.39 is 0 Å². The topological polar surface area (TPSA) is 119 Å². The number of nitrogens with zero attached hydrogens (tertiary/aromatic N) is 5. The molecule has 2 aliphatic heterocycles. The number of rotatable bonds is 12. The van der Waals surface area contributed by atoms with E-state index in [1.54, 1.807) is 42.4 Å². The summed E-state index contributed by atoms with van der Waals surface area (Å²) in [7, 11) is 1.60. The van der Waals surface area contributed by atoms with Crippen LogP contribution in [-0.4, -0.2) is 122 Å². The number of hydrogen-bond acceptors (Lipinski definition) is 8. The molecule has 3 aromatic rings. The first-order valence-electron chi connectivity index (χ1n) is 16.5. The van der Waals surface area contributed by atoms with E-state index in [0.717, 1.165) is 68.1 Å². The Morgan fingerprint density at radius 3 is 2.43 bits per heavy atom. The molecule has 1 aromatic heterocycles. The lowest BCUT2D eigenvalue weighted by atomic mass is 10.0. The van der Waals surface area contributed by atoms with Crippen LogP contribution in [0, 0.1) is 6.92 Å². The first kappa shape index (κ1) is 34.0. The summed E-state index contributed by atoms with van der Waals surface area (Å²) in [6.07, 6.45) is 5.34. The van der Waals surface area contributed by atoms with Crippen molar-refractivity contribution in [1.82, 2.24) is 19.7 Å². The third-order valence-corrected chi connectivity index (χ3v) is 8.77. The van der Waals surface area contributed by atoms with E-state index in [-0.39, 0.29) is 30.9 Å². The minimum Gasteiger partial charge on any atom is -0.394 e. The Kier molecular flexibility index (Phi) is 11.9. The van der Waals surface area contributed by atoms with Crippen LogP contribution in [0.1, 0.15) is 45.5 Å². The molecule has 2 fully saturated rings. The monoisotopic (exact) mass is 642 g/mol. The van der Waals surface area contributed by atoms with Crippen molar-refractivity contribution in [3.05, 3.63) is 77.5 Å². The Morgan fingerprint density at radius 2 is 1.68 bits per heavy atom. The SMILES string of the molecule is Cc1ccnc(-c2cc(N3CCCCC3)ccc2NC(=O)c2cccc(C(=O)N(C)CC(=O)N3CCN(CCOCCO)CC3)c2)c1. The third-order valence-electron chi connectivity index (χ3n) is 8.77. The van der Waals surface area contributed by atoms with Crippen molar-refractivity contribution in [1.29, 1.82) is 0 Å². The maximum Gasteiger partial charge on any atom is 0.255 e. The number of aryl methyl sites for hydroxylation is 1. The number of carbonyl (C=O) groups is 3. The molecule has 11 heteroatoms. The van der Waals surface area contributed by atoms with Crippen LogP contribution in [0.2, 0.25) is 0 Å². The Labute approximate surface area is 277 Å². The highest BCUT2D eigenvalue weighted by Gasteiger charge is 2.24. The van der Waals surface area contributed by atoms with E-state index in [0.29, 0.717) is 43.1 Å². The van der Waals surface area contributed by atoms with Gasteiger partial charge in [0, 0.05) is 81.4 Å². The number of piperazine rings is 1. The highest BCUT2D eigenvalue weighted by molar-refractivity contribution is 6.08. The fourth-order valence-corrected chi connectivity index (χ4v) is 6.05. The quantitative estimate of drug-likeness (QED) is 0.288. The summed E-state index contributed by atoms with van der Waals surface area (Å²) in [5.74, 6) is -0.781.